The molecule has 64 valence electrons. The third-order valence-electron chi connectivity index (χ3n) is 1.11. The molecule has 0 radical (unpaired) electrons. The van der Waals surface area contributed by atoms with Gasteiger partial charge in [-0.15, -0.1) is 0 Å². The molecular formula is C7H13NO3. The maximum absolute atomic E-state index is 10.7. The zero-order valence-electron chi connectivity index (χ0n) is 6.63. The number of carbonyl (C=O) groups excluding carboxylic acids is 2. The predicted molar refractivity (Wildman–Crippen MR) is 39.7 cm³/mol. The number of nitrogens with two attached hydrogens (primary N) is 1. The first-order chi connectivity index (χ1) is 5.16. The van der Waals surface area contributed by atoms with Crippen molar-refractivity contribution < 1.29 is 14.3 Å². The van der Waals surface area contributed by atoms with E-state index in [0.29, 0.717) is 6.42 Å². The summed E-state index contributed by atoms with van der Waals surface area (Å²) in [6.45, 7) is 1.67. The number of hydrogen-bond donors (Lipinski definition) is 1. The molecule has 0 bridgehead atoms. The van der Waals surface area contributed by atoms with Crippen molar-refractivity contribution in [2.75, 3.05) is 6.61 Å². The summed E-state index contributed by atoms with van der Waals surface area (Å²) in [6.07, 6.45) is 2.09. The van der Waals surface area contributed by atoms with Crippen molar-refractivity contribution in [3.63, 3.8) is 0 Å². The highest BCUT2D eigenvalue weighted by atomic mass is 16.5. The maximum atomic E-state index is 10.7. The number of esters is 1. The Hall–Kier alpha value is -1.06. The molecule has 0 aliphatic carbocycles. The molecule has 0 aliphatic heterocycles. The Balaban J connectivity index is 3.30. The van der Waals surface area contributed by atoms with Crippen LogP contribution in [0.25, 0.3) is 0 Å². The van der Waals surface area contributed by atoms with E-state index >= 15 is 0 Å². The molecule has 0 atom stereocenters. The second-order valence-electron chi connectivity index (χ2n) is 2.23. The molecule has 0 saturated carbocycles. The van der Waals surface area contributed by atoms with Gasteiger partial charge in [0.25, 0.3) is 5.91 Å². The zero-order valence-corrected chi connectivity index (χ0v) is 6.63. The normalized spacial score (nSPS) is 9.18. The Morgan fingerprint density at radius 3 is 2.55 bits per heavy atom. The van der Waals surface area contributed by atoms with E-state index in [4.69, 9.17) is 5.73 Å². The average Bonchev–Trinajstić information content (AvgIpc) is 1.97. The summed E-state index contributed by atoms with van der Waals surface area (Å²) < 4.78 is 4.49. The summed E-state index contributed by atoms with van der Waals surface area (Å²) in [6, 6.07) is 0. The second kappa shape index (κ2) is 5.70. The van der Waals surface area contributed by atoms with Crippen LogP contribution in [0.4, 0.5) is 0 Å². The van der Waals surface area contributed by atoms with Gasteiger partial charge in [0.15, 0.2) is 6.61 Å². The third kappa shape index (κ3) is 6.83. The van der Waals surface area contributed by atoms with Gasteiger partial charge in [-0.25, -0.2) is 0 Å². The van der Waals surface area contributed by atoms with E-state index in [2.05, 4.69) is 4.74 Å². The number of carbonyl (C=O) groups is 2. The van der Waals surface area contributed by atoms with Gasteiger partial charge in [0, 0.05) is 6.42 Å². The molecule has 0 spiro atoms. The van der Waals surface area contributed by atoms with Gasteiger partial charge in [0.05, 0.1) is 0 Å². The van der Waals surface area contributed by atoms with Gasteiger partial charge in [-0.2, -0.15) is 0 Å². The van der Waals surface area contributed by atoms with Crippen molar-refractivity contribution in [3.8, 4) is 0 Å². The first-order valence-corrected chi connectivity index (χ1v) is 3.60. The topological polar surface area (TPSA) is 69.4 Å². The van der Waals surface area contributed by atoms with Crippen molar-refractivity contribution >= 4 is 11.9 Å². The smallest absolute Gasteiger partial charge is 0.306 e. The average molecular weight is 159 g/mol. The highest BCUT2D eigenvalue weighted by molar-refractivity contribution is 5.78. The summed E-state index contributed by atoms with van der Waals surface area (Å²) in [5.74, 6) is -0.972. The van der Waals surface area contributed by atoms with E-state index in [9.17, 15) is 9.59 Å². The van der Waals surface area contributed by atoms with Gasteiger partial charge < -0.3 is 10.5 Å². The lowest BCUT2D eigenvalue weighted by Crippen LogP contribution is -2.20. The van der Waals surface area contributed by atoms with Crippen LogP contribution in [0.5, 0.6) is 0 Å². The van der Waals surface area contributed by atoms with Crippen LogP contribution in [-0.2, 0) is 14.3 Å². The van der Waals surface area contributed by atoms with Crippen LogP contribution >= 0.6 is 0 Å². The molecule has 0 aromatic heterocycles. The van der Waals surface area contributed by atoms with Crippen molar-refractivity contribution in [2.45, 2.75) is 26.2 Å². The molecule has 0 heterocycles. The first kappa shape index (κ1) is 9.94. The summed E-state index contributed by atoms with van der Waals surface area (Å²) >= 11 is 0. The van der Waals surface area contributed by atoms with Crippen LogP contribution in [0.15, 0.2) is 0 Å². The minimum absolute atomic E-state index is 0.303. The van der Waals surface area contributed by atoms with E-state index in [-0.39, 0.29) is 12.6 Å². The van der Waals surface area contributed by atoms with Gasteiger partial charge in [0.1, 0.15) is 0 Å². The number of unbranched alkanes of at least 4 members (excludes halogenated alkanes) is 1. The quantitative estimate of drug-likeness (QED) is 0.583. The van der Waals surface area contributed by atoms with Crippen molar-refractivity contribution in [1.82, 2.24) is 0 Å². The minimum Gasteiger partial charge on any atom is -0.456 e. The summed E-state index contributed by atoms with van der Waals surface area (Å²) in [5, 5.41) is 0. The summed E-state index contributed by atoms with van der Waals surface area (Å²) in [5.41, 5.74) is 4.75. The second-order valence-corrected chi connectivity index (χ2v) is 2.23. The molecule has 0 aliphatic rings. The van der Waals surface area contributed by atoms with E-state index in [1.165, 1.54) is 0 Å². The molecule has 2 N–H and O–H groups in total. The summed E-state index contributed by atoms with van der Waals surface area (Å²) in [7, 11) is 0. The van der Waals surface area contributed by atoms with Crippen molar-refractivity contribution in [3.05, 3.63) is 0 Å². The number of ether oxygens (including phenoxy) is 1. The monoisotopic (exact) mass is 159 g/mol. The Morgan fingerprint density at radius 1 is 1.45 bits per heavy atom. The van der Waals surface area contributed by atoms with Crippen LogP contribution in [0.2, 0.25) is 0 Å². The molecule has 0 rings (SSSR count). The highest BCUT2D eigenvalue weighted by Crippen LogP contribution is 1.95. The van der Waals surface area contributed by atoms with Crippen molar-refractivity contribution in [1.29, 1.82) is 0 Å². The van der Waals surface area contributed by atoms with Gasteiger partial charge >= 0.3 is 5.97 Å². The molecular weight excluding hydrogens is 146 g/mol. The molecule has 4 nitrogen and oxygen atoms in total. The van der Waals surface area contributed by atoms with Gasteiger partial charge in [-0.3, -0.25) is 9.59 Å². The van der Waals surface area contributed by atoms with Gasteiger partial charge in [-0.05, 0) is 6.42 Å². The molecule has 0 unspecified atom stereocenters. The molecule has 11 heavy (non-hydrogen) atoms. The fraction of sp³-hybridized carbons (Fsp3) is 0.714. The third-order valence-corrected chi connectivity index (χ3v) is 1.11. The molecule has 0 saturated heterocycles. The van der Waals surface area contributed by atoms with E-state index < -0.39 is 5.91 Å². The highest BCUT2D eigenvalue weighted by Gasteiger charge is 2.02. The van der Waals surface area contributed by atoms with Crippen LogP contribution in [-0.4, -0.2) is 18.5 Å². The van der Waals surface area contributed by atoms with Crippen LogP contribution in [0.1, 0.15) is 26.2 Å². The Labute approximate surface area is 65.7 Å². The van der Waals surface area contributed by atoms with Crippen molar-refractivity contribution in [2.24, 2.45) is 5.73 Å². The molecule has 0 aromatic carbocycles. The fourth-order valence-corrected chi connectivity index (χ4v) is 0.545. The number of amides is 1. The van der Waals surface area contributed by atoms with Gasteiger partial charge in [-0.1, -0.05) is 13.3 Å². The SMILES string of the molecule is CCCCC(=O)OCC(N)=O. The molecule has 0 fully saturated rings. The molecule has 0 aromatic rings. The van der Waals surface area contributed by atoms with Crippen LogP contribution < -0.4 is 5.73 Å². The fourth-order valence-electron chi connectivity index (χ4n) is 0.545. The molecule has 1 amide bonds. The van der Waals surface area contributed by atoms with E-state index in [1.807, 2.05) is 6.92 Å². The summed E-state index contributed by atoms with van der Waals surface area (Å²) in [4.78, 5) is 20.8. The largest absolute Gasteiger partial charge is 0.456 e. The number of primary amides is 1. The standard InChI is InChI=1S/C7H13NO3/c1-2-3-4-7(10)11-5-6(8)9/h2-5H2,1H3,(H2,8,9). The number of rotatable bonds is 5. The Kier molecular flexibility index (Phi) is 5.15. The molecule has 4 heteroatoms. The lowest BCUT2D eigenvalue weighted by molar-refractivity contribution is -0.147. The van der Waals surface area contributed by atoms with Gasteiger partial charge in [0.2, 0.25) is 0 Å². The van der Waals surface area contributed by atoms with E-state index in [1.54, 1.807) is 0 Å². The first-order valence-electron chi connectivity index (χ1n) is 3.60. The van der Waals surface area contributed by atoms with Crippen LogP contribution in [0, 0.1) is 0 Å². The zero-order chi connectivity index (χ0) is 8.69. The van der Waals surface area contributed by atoms with Crippen LogP contribution in [0.3, 0.4) is 0 Å². The lowest BCUT2D eigenvalue weighted by Gasteiger charge is -1.99. The number of hydrogen-bond acceptors (Lipinski definition) is 3. The minimum atomic E-state index is -0.616. The predicted octanol–water partition coefficient (Wildman–Crippen LogP) is 0.205. The maximum Gasteiger partial charge on any atom is 0.306 e. The lowest BCUT2D eigenvalue weighted by atomic mass is 10.2. The van der Waals surface area contributed by atoms with E-state index in [0.717, 1.165) is 12.8 Å². The Morgan fingerprint density at radius 2 is 2.09 bits per heavy atom. The Bertz CT molecular complexity index is 145.